The monoisotopic (exact) mass is 873 g/mol. The van der Waals surface area contributed by atoms with E-state index >= 15 is 0 Å². The minimum Gasteiger partial charge on any atom is -0.495 e. The van der Waals surface area contributed by atoms with E-state index in [9.17, 15) is 24.3 Å². The van der Waals surface area contributed by atoms with Crippen molar-refractivity contribution in [2.75, 3.05) is 34.9 Å². The summed E-state index contributed by atoms with van der Waals surface area (Å²) in [6.45, 7) is 7.04. The van der Waals surface area contributed by atoms with Gasteiger partial charge in [0.1, 0.15) is 42.3 Å². The predicted molar refractivity (Wildman–Crippen MR) is 232 cm³/mol. The van der Waals surface area contributed by atoms with E-state index in [-0.39, 0.29) is 25.4 Å². The molecule has 2 fully saturated rings. The molecule has 15 heteroatoms. The molecule has 3 N–H and O–H groups in total. The second-order valence-corrected chi connectivity index (χ2v) is 16.8. The number of hydrogen-bond donors (Lipinski definition) is 3. The van der Waals surface area contributed by atoms with Gasteiger partial charge in [0, 0.05) is 39.5 Å². The third kappa shape index (κ3) is 9.94. The summed E-state index contributed by atoms with van der Waals surface area (Å²) < 4.78 is 34.6. The lowest BCUT2D eigenvalue weighted by molar-refractivity contribution is -0.158. The number of nitrogens with one attached hydrogen (secondary N) is 2. The maximum absolute atomic E-state index is 13.7. The molecule has 0 bridgehead atoms. The van der Waals surface area contributed by atoms with Crippen molar-refractivity contribution in [2.45, 2.75) is 94.7 Å². The highest BCUT2D eigenvalue weighted by Gasteiger charge is 2.64. The number of fused-ring (bicyclic) bond motifs is 3. The number of epoxide rings is 1. The first-order valence-corrected chi connectivity index (χ1v) is 21.0. The van der Waals surface area contributed by atoms with Gasteiger partial charge >= 0.3 is 18.2 Å². The molecule has 8 atom stereocenters. The summed E-state index contributed by atoms with van der Waals surface area (Å²) >= 11 is 6.17. The highest BCUT2D eigenvalue weighted by molar-refractivity contribution is 6.32. The van der Waals surface area contributed by atoms with Crippen LogP contribution in [0.3, 0.4) is 0 Å². The Morgan fingerprint density at radius 1 is 1.06 bits per heavy atom. The van der Waals surface area contributed by atoms with Crippen LogP contribution in [0, 0.1) is 5.92 Å². The Bertz CT molecular complexity index is 2170. The van der Waals surface area contributed by atoms with Crippen molar-refractivity contribution in [1.29, 1.82) is 0 Å². The summed E-state index contributed by atoms with van der Waals surface area (Å²) in [5.74, 6) is -1.30. The first-order chi connectivity index (χ1) is 29.5. The van der Waals surface area contributed by atoms with Gasteiger partial charge in [-0.25, -0.2) is 14.4 Å². The van der Waals surface area contributed by atoms with Crippen LogP contribution in [-0.4, -0.2) is 111 Å². The van der Waals surface area contributed by atoms with Crippen LogP contribution in [0.5, 0.6) is 5.75 Å². The van der Waals surface area contributed by atoms with Crippen LogP contribution in [-0.2, 0) is 39.7 Å². The second kappa shape index (κ2) is 19.3. The van der Waals surface area contributed by atoms with Gasteiger partial charge in [-0.2, -0.15) is 0 Å². The van der Waals surface area contributed by atoms with Crippen molar-refractivity contribution in [3.8, 4) is 16.9 Å². The van der Waals surface area contributed by atoms with Crippen molar-refractivity contribution in [3.63, 3.8) is 0 Å². The Balaban J connectivity index is 1.08. The average molecular weight is 874 g/mol. The Morgan fingerprint density at radius 2 is 1.73 bits per heavy atom. The summed E-state index contributed by atoms with van der Waals surface area (Å²) in [6.07, 6.45) is 0.443. The molecule has 62 heavy (non-hydrogen) atoms. The van der Waals surface area contributed by atoms with E-state index in [1.807, 2.05) is 73.7 Å². The fraction of sp³-hybridized carbons (Fsp3) is 0.447. The van der Waals surface area contributed by atoms with Crippen molar-refractivity contribution in [3.05, 3.63) is 112 Å². The summed E-state index contributed by atoms with van der Waals surface area (Å²) in [4.78, 5) is 53.9. The summed E-state index contributed by atoms with van der Waals surface area (Å²) in [7, 11) is 5.90. The Morgan fingerprint density at radius 3 is 2.35 bits per heavy atom. The molecule has 2 saturated heterocycles. The molecule has 3 aromatic carbocycles. The van der Waals surface area contributed by atoms with Crippen LogP contribution in [0.15, 0.2) is 90.5 Å². The molecule has 6 rings (SSSR count). The molecule has 1 aliphatic carbocycles. The minimum atomic E-state index is -1.86. The second-order valence-electron chi connectivity index (χ2n) is 16.4. The Hall–Kier alpha value is -5.41. The van der Waals surface area contributed by atoms with Crippen LogP contribution in [0.2, 0.25) is 5.02 Å². The number of likely N-dealkylation sites (N-methyl/N-ethyl adjacent to an activating group) is 1. The highest BCUT2D eigenvalue weighted by Crippen LogP contribution is 2.49. The third-order valence-corrected chi connectivity index (χ3v) is 12.5. The molecule has 1 unspecified atom stereocenters. The van der Waals surface area contributed by atoms with Crippen LogP contribution < -0.4 is 15.4 Å². The van der Waals surface area contributed by atoms with Crippen molar-refractivity contribution < 1.29 is 52.7 Å². The smallest absolute Gasteiger partial charge is 0.410 e. The van der Waals surface area contributed by atoms with E-state index in [2.05, 4.69) is 10.6 Å². The zero-order valence-electron chi connectivity index (χ0n) is 36.3. The first-order valence-electron chi connectivity index (χ1n) is 20.6. The Labute approximate surface area is 367 Å². The number of cyclic esters (lactones) is 1. The number of halogens is 1. The van der Waals surface area contributed by atoms with E-state index < -0.39 is 71.8 Å². The summed E-state index contributed by atoms with van der Waals surface area (Å²) in [5, 5.41) is 17.4. The number of benzene rings is 3. The molecular weight excluding hydrogens is 818 g/mol. The molecule has 2 heterocycles. The highest BCUT2D eigenvalue weighted by atomic mass is 35.5. The molecule has 3 amide bonds. The van der Waals surface area contributed by atoms with Crippen molar-refractivity contribution in [2.24, 2.45) is 5.92 Å². The normalized spacial score (nSPS) is 23.8. The van der Waals surface area contributed by atoms with Gasteiger partial charge in [0.25, 0.3) is 0 Å². The third-order valence-electron chi connectivity index (χ3n) is 12.2. The predicted octanol–water partition coefficient (Wildman–Crippen LogP) is 6.71. The number of aliphatic hydroxyl groups is 1. The molecule has 3 aliphatic rings. The van der Waals surface area contributed by atoms with Crippen LogP contribution in [0.1, 0.15) is 63.1 Å². The number of rotatable bonds is 17. The fourth-order valence-electron chi connectivity index (χ4n) is 8.38. The zero-order valence-corrected chi connectivity index (χ0v) is 37.1. The number of nitrogens with zero attached hydrogens (tertiary/aromatic N) is 1. The van der Waals surface area contributed by atoms with Gasteiger partial charge in [-0.15, -0.1) is 0 Å². The molecule has 14 nitrogen and oxygen atoms in total. The number of ether oxygens (including phenoxy) is 6. The topological polar surface area (TPSA) is 174 Å². The van der Waals surface area contributed by atoms with E-state index in [1.54, 1.807) is 39.2 Å². The molecule has 0 saturated carbocycles. The van der Waals surface area contributed by atoms with Gasteiger partial charge in [-0.1, -0.05) is 96.9 Å². The zero-order chi connectivity index (χ0) is 44.9. The average Bonchev–Trinajstić information content (AvgIpc) is 3.86. The molecule has 0 radical (unpaired) electrons. The van der Waals surface area contributed by atoms with Gasteiger partial charge in [0.2, 0.25) is 5.91 Å². The fourth-order valence-corrected chi connectivity index (χ4v) is 8.57. The van der Waals surface area contributed by atoms with Gasteiger partial charge in [0.15, 0.2) is 5.72 Å². The Kier molecular flexibility index (Phi) is 14.4. The number of alkyl carbamates (subject to hydrolysis) is 1. The summed E-state index contributed by atoms with van der Waals surface area (Å²) in [5.41, 5.74) is 3.26. The van der Waals surface area contributed by atoms with Gasteiger partial charge in [0.05, 0.1) is 24.7 Å². The quantitative estimate of drug-likeness (QED) is 0.0570. The largest absolute Gasteiger partial charge is 0.495 e. The number of carbonyl (C=O) groups is 4. The molecule has 0 spiro atoms. The van der Waals surface area contributed by atoms with E-state index in [1.165, 1.54) is 28.1 Å². The van der Waals surface area contributed by atoms with Crippen molar-refractivity contribution >= 4 is 35.7 Å². The molecule has 332 valence electrons. The SMILES string of the molecule is CNC(=O)C[C@H](OC(=O)[C@@H](C)N(C)C(=O)OCC1c2ccccc2-c2ccccc21)[C@]1(C)OC1[C@H](C)[C@@H]1C[C@](O)([C@@H](/C=C/C=C(\C)Cc2ccc(Cl)c(OC)c2)OC)NC(=O)O1. The lowest BCUT2D eigenvalue weighted by atomic mass is 9.83. The van der Waals surface area contributed by atoms with Crippen molar-refractivity contribution in [1.82, 2.24) is 15.5 Å². The number of esters is 1. The molecule has 3 aromatic rings. The number of hydrogen-bond acceptors (Lipinski definition) is 11. The van der Waals surface area contributed by atoms with Crippen LogP contribution in [0.25, 0.3) is 11.1 Å². The maximum atomic E-state index is 13.7. The lowest BCUT2D eigenvalue weighted by Crippen LogP contribution is -2.63. The minimum absolute atomic E-state index is 0.0692. The van der Waals surface area contributed by atoms with E-state index in [0.717, 1.165) is 38.3 Å². The standard InChI is InChI=1S/C47H56ClN3O11/c1-27(22-30-20-21-36(48)37(23-30)57-7)14-13-19-39(58-8)47(56)25-38(60-44(54)50-47)28(2)42-46(4,62-42)40(24-41(52)49-5)61-43(53)29(3)51(6)45(55)59-26-35-33-17-11-9-15-31(33)32-16-10-12-18-34(32)35/h9-21,23,28-29,35,38-40,42,56H,22,24-26H2,1-8H3,(H,49,52)(H,50,54)/b19-13+,27-14+/t28-,29-,38+,39-,40+,42?,46+,47+/m1/s1. The number of amides is 3. The first kappa shape index (κ1) is 46.1. The van der Waals surface area contributed by atoms with Gasteiger partial charge in [-0.05, 0) is 67.1 Å². The number of methoxy groups -OCH3 is 2. The molecule has 2 aliphatic heterocycles. The summed E-state index contributed by atoms with van der Waals surface area (Å²) in [6, 6.07) is 20.5. The number of allylic oxidation sites excluding steroid dienone is 3. The van der Waals surface area contributed by atoms with Gasteiger partial charge < -0.3 is 38.8 Å². The van der Waals surface area contributed by atoms with Gasteiger partial charge in [-0.3, -0.25) is 15.0 Å². The molecule has 0 aromatic heterocycles. The number of carbonyl (C=O) groups excluding carboxylic acids is 4. The molecular formula is C47H56ClN3O11. The lowest BCUT2D eigenvalue weighted by Gasteiger charge is -2.42. The van der Waals surface area contributed by atoms with Crippen LogP contribution >= 0.6 is 11.6 Å². The maximum Gasteiger partial charge on any atom is 0.410 e. The van der Waals surface area contributed by atoms with E-state index in [4.69, 9.17) is 40.0 Å². The van der Waals surface area contributed by atoms with Crippen LogP contribution in [0.4, 0.5) is 9.59 Å². The van der Waals surface area contributed by atoms with E-state index in [0.29, 0.717) is 17.2 Å².